The van der Waals surface area contributed by atoms with Crippen LogP contribution in [0.5, 0.6) is 11.5 Å². The summed E-state index contributed by atoms with van der Waals surface area (Å²) in [4.78, 5) is 15.2. The summed E-state index contributed by atoms with van der Waals surface area (Å²) < 4.78 is 0. The van der Waals surface area contributed by atoms with E-state index in [0.29, 0.717) is 29.1 Å². The minimum absolute atomic E-state index is 0.0259. The average Bonchev–Trinajstić information content (AvgIpc) is 2.86. The molecule has 3 rings (SSSR count). The van der Waals surface area contributed by atoms with Crippen molar-refractivity contribution in [2.75, 3.05) is 5.32 Å². The molecule has 0 spiro atoms. The number of rotatable bonds is 3. The second kappa shape index (κ2) is 4.45. The SMILES string of the molecule is Oc1ccc(CNc2ncnc3[nH]cnc23)c(O)c1. The van der Waals surface area contributed by atoms with E-state index < -0.39 is 0 Å². The standard InChI is InChI=1S/C12H11N5O2/c18-8-2-1-7(9(19)3-8)4-13-11-10-12(15-5-14-10)17-6-16-11/h1-3,5-6,18-19H,4H2,(H2,13,14,15,16,17). The van der Waals surface area contributed by atoms with Crippen LogP contribution in [0.2, 0.25) is 0 Å². The Hall–Kier alpha value is -2.83. The quantitative estimate of drug-likeness (QED) is 0.564. The smallest absolute Gasteiger partial charge is 0.162 e. The molecule has 0 fully saturated rings. The second-order valence-corrected chi connectivity index (χ2v) is 3.99. The van der Waals surface area contributed by atoms with E-state index in [-0.39, 0.29) is 11.5 Å². The van der Waals surface area contributed by atoms with Gasteiger partial charge in [-0.1, -0.05) is 0 Å². The Balaban J connectivity index is 1.84. The summed E-state index contributed by atoms with van der Waals surface area (Å²) in [7, 11) is 0. The highest BCUT2D eigenvalue weighted by Crippen LogP contribution is 2.24. The fraction of sp³-hybridized carbons (Fsp3) is 0.0833. The van der Waals surface area contributed by atoms with Gasteiger partial charge in [-0.3, -0.25) is 0 Å². The molecule has 3 aromatic rings. The lowest BCUT2D eigenvalue weighted by molar-refractivity contribution is 0.446. The van der Waals surface area contributed by atoms with E-state index in [1.165, 1.54) is 18.5 Å². The Morgan fingerprint density at radius 3 is 2.89 bits per heavy atom. The van der Waals surface area contributed by atoms with E-state index in [9.17, 15) is 10.2 Å². The predicted octanol–water partition coefficient (Wildman–Crippen LogP) is 1.38. The molecule has 2 aromatic heterocycles. The molecule has 0 aliphatic heterocycles. The highest BCUT2D eigenvalue weighted by atomic mass is 16.3. The van der Waals surface area contributed by atoms with Gasteiger partial charge in [0.25, 0.3) is 0 Å². The molecule has 0 aliphatic carbocycles. The Morgan fingerprint density at radius 2 is 2.05 bits per heavy atom. The molecule has 0 radical (unpaired) electrons. The molecule has 0 bridgehead atoms. The number of aromatic amines is 1. The number of fused-ring (bicyclic) bond motifs is 1. The molecule has 0 aliphatic rings. The molecular weight excluding hydrogens is 246 g/mol. The van der Waals surface area contributed by atoms with Gasteiger partial charge >= 0.3 is 0 Å². The highest BCUT2D eigenvalue weighted by Gasteiger charge is 2.07. The van der Waals surface area contributed by atoms with Gasteiger partial charge in [-0.05, 0) is 12.1 Å². The number of phenols is 2. The number of nitrogens with zero attached hydrogens (tertiary/aromatic N) is 3. The number of hydrogen-bond donors (Lipinski definition) is 4. The van der Waals surface area contributed by atoms with Gasteiger partial charge in [0, 0.05) is 18.2 Å². The van der Waals surface area contributed by atoms with Crippen molar-refractivity contribution in [2.24, 2.45) is 0 Å². The third kappa shape index (κ3) is 2.13. The van der Waals surface area contributed by atoms with E-state index in [1.54, 1.807) is 12.4 Å². The van der Waals surface area contributed by atoms with Crippen molar-refractivity contribution in [3.05, 3.63) is 36.4 Å². The van der Waals surface area contributed by atoms with Gasteiger partial charge in [0.15, 0.2) is 11.5 Å². The van der Waals surface area contributed by atoms with E-state index in [4.69, 9.17) is 0 Å². The Morgan fingerprint density at radius 1 is 1.16 bits per heavy atom. The summed E-state index contributed by atoms with van der Waals surface area (Å²) in [6, 6.07) is 4.45. The monoisotopic (exact) mass is 257 g/mol. The molecule has 0 amide bonds. The minimum Gasteiger partial charge on any atom is -0.508 e. The van der Waals surface area contributed by atoms with Crippen LogP contribution in [0.4, 0.5) is 5.82 Å². The van der Waals surface area contributed by atoms with Crippen molar-refractivity contribution in [2.45, 2.75) is 6.54 Å². The third-order valence-electron chi connectivity index (χ3n) is 2.73. The van der Waals surface area contributed by atoms with Crippen LogP contribution in [0.1, 0.15) is 5.56 Å². The molecule has 2 heterocycles. The second-order valence-electron chi connectivity index (χ2n) is 3.99. The molecule has 7 nitrogen and oxygen atoms in total. The fourth-order valence-corrected chi connectivity index (χ4v) is 1.77. The van der Waals surface area contributed by atoms with Crippen LogP contribution >= 0.6 is 0 Å². The zero-order valence-electron chi connectivity index (χ0n) is 9.83. The molecule has 7 heteroatoms. The highest BCUT2D eigenvalue weighted by molar-refractivity contribution is 5.81. The van der Waals surface area contributed by atoms with Crippen LogP contribution in [0.25, 0.3) is 11.2 Å². The topological polar surface area (TPSA) is 107 Å². The van der Waals surface area contributed by atoms with Crippen molar-refractivity contribution in [3.63, 3.8) is 0 Å². The largest absolute Gasteiger partial charge is 0.508 e. The van der Waals surface area contributed by atoms with E-state index in [1.807, 2.05) is 0 Å². The summed E-state index contributed by atoms with van der Waals surface area (Å²) in [6.07, 6.45) is 2.97. The van der Waals surface area contributed by atoms with Crippen LogP contribution in [-0.4, -0.2) is 30.1 Å². The van der Waals surface area contributed by atoms with Crippen molar-refractivity contribution < 1.29 is 10.2 Å². The Bertz CT molecular complexity index is 725. The van der Waals surface area contributed by atoms with Gasteiger partial charge in [0.2, 0.25) is 0 Å². The summed E-state index contributed by atoms with van der Waals surface area (Å²) in [6.45, 7) is 0.366. The average molecular weight is 257 g/mol. The maximum Gasteiger partial charge on any atom is 0.162 e. The van der Waals surface area contributed by atoms with E-state index in [0.717, 1.165) is 0 Å². The molecular formula is C12H11N5O2. The van der Waals surface area contributed by atoms with Crippen LogP contribution in [0.3, 0.4) is 0 Å². The van der Waals surface area contributed by atoms with Gasteiger partial charge < -0.3 is 20.5 Å². The first kappa shape index (κ1) is 11.3. The maximum atomic E-state index is 9.69. The summed E-state index contributed by atoms with van der Waals surface area (Å²) in [5.74, 6) is 0.636. The summed E-state index contributed by atoms with van der Waals surface area (Å²) in [5.41, 5.74) is 1.94. The Labute approximate surface area is 108 Å². The lowest BCUT2D eigenvalue weighted by Crippen LogP contribution is -2.02. The predicted molar refractivity (Wildman–Crippen MR) is 68.8 cm³/mol. The Kier molecular flexibility index (Phi) is 2.64. The number of anilines is 1. The number of aromatic nitrogens is 4. The summed E-state index contributed by atoms with van der Waals surface area (Å²) >= 11 is 0. The molecule has 1 aromatic carbocycles. The van der Waals surface area contributed by atoms with E-state index >= 15 is 0 Å². The van der Waals surface area contributed by atoms with Gasteiger partial charge in [0.05, 0.1) is 6.33 Å². The van der Waals surface area contributed by atoms with Crippen LogP contribution in [0.15, 0.2) is 30.9 Å². The zero-order valence-corrected chi connectivity index (χ0v) is 9.83. The molecule has 0 saturated heterocycles. The lowest BCUT2D eigenvalue weighted by Gasteiger charge is -2.07. The number of imidazole rings is 1. The van der Waals surface area contributed by atoms with Crippen LogP contribution in [-0.2, 0) is 6.54 Å². The first-order chi connectivity index (χ1) is 9.24. The minimum atomic E-state index is 0.0259. The third-order valence-corrected chi connectivity index (χ3v) is 2.73. The number of phenolic OH excluding ortho intramolecular Hbond substituents is 2. The van der Waals surface area contributed by atoms with Gasteiger partial charge in [0.1, 0.15) is 23.3 Å². The number of H-pyrrole nitrogens is 1. The normalized spacial score (nSPS) is 10.7. The summed E-state index contributed by atoms with van der Waals surface area (Å²) in [5, 5.41) is 22.0. The number of aromatic hydroxyl groups is 2. The van der Waals surface area contributed by atoms with E-state index in [2.05, 4.69) is 25.3 Å². The zero-order chi connectivity index (χ0) is 13.2. The molecule has 0 atom stereocenters. The van der Waals surface area contributed by atoms with Crippen molar-refractivity contribution in [1.82, 2.24) is 19.9 Å². The molecule has 0 unspecified atom stereocenters. The number of benzene rings is 1. The van der Waals surface area contributed by atoms with Crippen LogP contribution in [0, 0.1) is 0 Å². The lowest BCUT2D eigenvalue weighted by atomic mass is 10.2. The molecule has 0 saturated carbocycles. The van der Waals surface area contributed by atoms with Crippen molar-refractivity contribution >= 4 is 17.0 Å². The number of hydrogen-bond acceptors (Lipinski definition) is 6. The fourth-order valence-electron chi connectivity index (χ4n) is 1.77. The molecule has 96 valence electrons. The first-order valence-electron chi connectivity index (χ1n) is 5.63. The van der Waals surface area contributed by atoms with Crippen molar-refractivity contribution in [1.29, 1.82) is 0 Å². The number of nitrogens with one attached hydrogen (secondary N) is 2. The molecule has 19 heavy (non-hydrogen) atoms. The van der Waals surface area contributed by atoms with Crippen LogP contribution < -0.4 is 5.32 Å². The van der Waals surface area contributed by atoms with Crippen molar-refractivity contribution in [3.8, 4) is 11.5 Å². The van der Waals surface area contributed by atoms with Gasteiger partial charge in [-0.2, -0.15) is 0 Å². The first-order valence-corrected chi connectivity index (χ1v) is 5.63. The maximum absolute atomic E-state index is 9.69. The molecule has 4 N–H and O–H groups in total. The van der Waals surface area contributed by atoms with Gasteiger partial charge in [-0.25, -0.2) is 15.0 Å². The van der Waals surface area contributed by atoms with Gasteiger partial charge in [-0.15, -0.1) is 0 Å².